The van der Waals surface area contributed by atoms with Gasteiger partial charge in [-0.1, -0.05) is 24.0 Å². The lowest BCUT2D eigenvalue weighted by atomic mass is 10.4. The molecule has 0 unspecified atom stereocenters. The molecule has 0 heterocycles. The summed E-state index contributed by atoms with van der Waals surface area (Å²) < 4.78 is 1.52. The van der Waals surface area contributed by atoms with Gasteiger partial charge in [0.2, 0.25) is 4.20 Å². The summed E-state index contributed by atoms with van der Waals surface area (Å²) in [6.45, 7) is 3.98. The molecular formula is C12H21S6+. The second kappa shape index (κ2) is 14.6. The molecule has 0 atom stereocenters. The van der Waals surface area contributed by atoms with Crippen molar-refractivity contribution in [2.45, 2.75) is 18.4 Å². The molecule has 6 heteroatoms. The van der Waals surface area contributed by atoms with Crippen molar-refractivity contribution < 1.29 is 0 Å². The maximum atomic E-state index is 5.04. The molecule has 0 aromatic heterocycles. The molecule has 0 bridgehead atoms. The fourth-order valence-corrected chi connectivity index (χ4v) is 3.37. The Hall–Kier alpha value is 1.19. The van der Waals surface area contributed by atoms with Crippen molar-refractivity contribution in [2.75, 3.05) is 25.0 Å². The van der Waals surface area contributed by atoms with Crippen LogP contribution in [0.1, 0.15) is 13.8 Å². The molecule has 0 radical (unpaired) electrons. The largest absolute Gasteiger partial charge is 0.229 e. The molecule has 0 aromatic rings. The summed E-state index contributed by atoms with van der Waals surface area (Å²) in [5.41, 5.74) is 0. The molecule has 0 spiro atoms. The molecule has 0 saturated carbocycles. The molecule has 18 heavy (non-hydrogen) atoms. The van der Waals surface area contributed by atoms with Gasteiger partial charge in [-0.2, -0.15) is 0 Å². The highest BCUT2D eigenvalue weighted by Crippen LogP contribution is 2.23. The highest BCUT2D eigenvalue weighted by molar-refractivity contribution is 8.23. The van der Waals surface area contributed by atoms with E-state index >= 15 is 0 Å². The van der Waals surface area contributed by atoms with Gasteiger partial charge in [-0.05, 0) is 62.1 Å². The second-order valence-corrected chi connectivity index (χ2v) is 8.60. The average molecular weight is 358 g/mol. The summed E-state index contributed by atoms with van der Waals surface area (Å²) in [6, 6.07) is 0. The van der Waals surface area contributed by atoms with Crippen molar-refractivity contribution in [3.05, 3.63) is 17.4 Å². The van der Waals surface area contributed by atoms with Gasteiger partial charge in [0.1, 0.15) is 0 Å². The lowest BCUT2D eigenvalue weighted by molar-refractivity contribution is 1.59. The van der Waals surface area contributed by atoms with E-state index in [9.17, 15) is 0 Å². The minimum Gasteiger partial charge on any atom is -0.134 e. The molecule has 104 valence electrons. The molecule has 0 fully saturated rings. The van der Waals surface area contributed by atoms with E-state index in [-0.39, 0.29) is 0 Å². The van der Waals surface area contributed by atoms with E-state index in [1.54, 1.807) is 23.5 Å². The summed E-state index contributed by atoms with van der Waals surface area (Å²) in [6.07, 6.45) is 12.4. The maximum absolute atomic E-state index is 5.04. The smallest absolute Gasteiger partial charge is 0.134 e. The monoisotopic (exact) mass is 357 g/mol. The summed E-state index contributed by atoms with van der Waals surface area (Å²) >= 11 is 16.9. The first-order valence-electron chi connectivity index (χ1n) is 5.12. The van der Waals surface area contributed by atoms with Gasteiger partial charge in [0.15, 0.2) is 11.0 Å². The fraction of sp³-hybridized carbons (Fsp3) is 0.583. The van der Waals surface area contributed by atoms with E-state index in [2.05, 4.69) is 25.9 Å². The standard InChI is InChI=1S/C6H11S4.C6H10S2/c1-8-5(7)4-6(9-2)10-3;1-5(7)4-6(2)8-3/h4,6H,1-3H3;4H,1-3H3/q+1;/b;6-4+. The quantitative estimate of drug-likeness (QED) is 0.262. The number of rotatable bonds is 6. The van der Waals surface area contributed by atoms with Crippen molar-refractivity contribution >= 4 is 80.5 Å². The predicted octanol–water partition coefficient (Wildman–Crippen LogP) is 5.58. The Morgan fingerprint density at radius 2 is 1.50 bits per heavy atom. The lowest BCUT2D eigenvalue weighted by Crippen LogP contribution is -2.01. The summed E-state index contributed by atoms with van der Waals surface area (Å²) in [5, 5.41) is 0. The van der Waals surface area contributed by atoms with Gasteiger partial charge in [-0.25, -0.2) is 0 Å². The number of thioether (sulfide) groups is 4. The molecule has 0 aromatic carbocycles. The van der Waals surface area contributed by atoms with E-state index < -0.39 is 0 Å². The van der Waals surface area contributed by atoms with E-state index in [4.69, 9.17) is 24.4 Å². The second-order valence-electron chi connectivity index (χ2n) is 3.10. The van der Waals surface area contributed by atoms with Crippen LogP contribution in [0, 0.1) is 6.42 Å². The Kier molecular flexibility index (Phi) is 17.4. The first kappa shape index (κ1) is 21.5. The van der Waals surface area contributed by atoms with Crippen molar-refractivity contribution in [1.29, 1.82) is 0 Å². The summed E-state index contributed by atoms with van der Waals surface area (Å²) in [5.74, 6) is 0. The van der Waals surface area contributed by atoms with E-state index in [1.165, 1.54) is 4.91 Å². The van der Waals surface area contributed by atoms with Crippen LogP contribution in [0.3, 0.4) is 0 Å². The molecule has 0 saturated heterocycles. The Morgan fingerprint density at radius 1 is 1.00 bits per heavy atom. The Morgan fingerprint density at radius 3 is 1.72 bits per heavy atom. The fourth-order valence-electron chi connectivity index (χ4n) is 0.757. The normalized spacial score (nSPS) is 10.7. The molecular weight excluding hydrogens is 337 g/mol. The Balaban J connectivity index is 0. The van der Waals surface area contributed by atoms with Crippen molar-refractivity contribution in [3.8, 4) is 0 Å². The zero-order valence-electron chi connectivity index (χ0n) is 11.7. The highest BCUT2D eigenvalue weighted by atomic mass is 32.2. The first-order valence-corrected chi connectivity index (χ1v) is 11.0. The number of hydrogen-bond acceptors (Lipinski definition) is 6. The molecule has 0 N–H and O–H groups in total. The van der Waals surface area contributed by atoms with Gasteiger partial charge in [0, 0.05) is 4.86 Å². The van der Waals surface area contributed by atoms with E-state index in [0.29, 0.717) is 4.58 Å². The maximum Gasteiger partial charge on any atom is 0.229 e. The zero-order valence-corrected chi connectivity index (χ0v) is 16.6. The van der Waals surface area contributed by atoms with Crippen molar-refractivity contribution in [1.82, 2.24) is 0 Å². The molecule has 0 amide bonds. The van der Waals surface area contributed by atoms with Gasteiger partial charge in [-0.15, -0.1) is 35.3 Å². The SMILES string of the molecule is CS/C(C)=C/C(C)=S.CSC(=S)[CH+]C(SC)SC. The zero-order chi connectivity index (χ0) is 14.6. The van der Waals surface area contributed by atoms with Gasteiger partial charge in [0.05, 0.1) is 0 Å². The van der Waals surface area contributed by atoms with Crippen LogP contribution in [0.2, 0.25) is 0 Å². The van der Waals surface area contributed by atoms with Crippen LogP contribution >= 0.6 is 71.5 Å². The minimum absolute atomic E-state index is 0.528. The number of hydrogen-bond donors (Lipinski definition) is 0. The van der Waals surface area contributed by atoms with Gasteiger partial charge >= 0.3 is 0 Å². The van der Waals surface area contributed by atoms with Crippen LogP contribution in [0.25, 0.3) is 0 Å². The van der Waals surface area contributed by atoms with Crippen LogP contribution in [-0.2, 0) is 0 Å². The van der Waals surface area contributed by atoms with Gasteiger partial charge < -0.3 is 0 Å². The minimum atomic E-state index is 0.528. The van der Waals surface area contributed by atoms with E-state index in [0.717, 1.165) is 9.06 Å². The third-order valence-corrected chi connectivity index (χ3v) is 6.08. The molecule has 0 aliphatic rings. The topological polar surface area (TPSA) is 0 Å². The third kappa shape index (κ3) is 15.2. The number of allylic oxidation sites excluding steroid dienone is 2. The van der Waals surface area contributed by atoms with Crippen molar-refractivity contribution in [3.63, 3.8) is 0 Å². The molecule has 0 aliphatic carbocycles. The summed E-state index contributed by atoms with van der Waals surface area (Å²) in [7, 11) is 0. The lowest BCUT2D eigenvalue weighted by Gasteiger charge is -1.99. The molecule has 0 aliphatic heterocycles. The average Bonchev–Trinajstić information content (AvgIpc) is 2.35. The highest BCUT2D eigenvalue weighted by Gasteiger charge is 2.17. The van der Waals surface area contributed by atoms with Crippen LogP contribution in [-0.4, -0.2) is 38.7 Å². The van der Waals surface area contributed by atoms with Gasteiger partial charge in [0.25, 0.3) is 0 Å². The van der Waals surface area contributed by atoms with Gasteiger partial charge in [-0.3, -0.25) is 0 Å². The predicted molar refractivity (Wildman–Crippen MR) is 107 cm³/mol. The van der Waals surface area contributed by atoms with Crippen LogP contribution in [0.5, 0.6) is 0 Å². The third-order valence-electron chi connectivity index (χ3n) is 1.67. The van der Waals surface area contributed by atoms with Crippen LogP contribution in [0.4, 0.5) is 0 Å². The molecule has 0 rings (SSSR count). The van der Waals surface area contributed by atoms with Crippen LogP contribution in [0.15, 0.2) is 11.0 Å². The summed E-state index contributed by atoms with van der Waals surface area (Å²) in [4.78, 5) is 2.23. The van der Waals surface area contributed by atoms with Crippen LogP contribution < -0.4 is 0 Å². The number of thiocarbonyl (C=S) groups is 2. The first-order chi connectivity index (χ1) is 8.40. The Labute approximate surface area is 140 Å². The van der Waals surface area contributed by atoms with Crippen molar-refractivity contribution in [2.24, 2.45) is 0 Å². The Bertz CT molecular complexity index is 268. The van der Waals surface area contributed by atoms with E-state index in [1.807, 2.05) is 49.0 Å². The molecule has 0 nitrogen and oxygen atoms in total.